The topological polar surface area (TPSA) is 107 Å². The molecule has 0 amide bonds. The zero-order valence-electron chi connectivity index (χ0n) is 20.4. The van der Waals surface area contributed by atoms with Gasteiger partial charge in [-0.3, -0.25) is 4.90 Å². The fraction of sp³-hybridized carbons (Fsp3) is 0.440. The minimum atomic E-state index is -0.151. The number of rotatable bonds is 5. The molecule has 2 N–H and O–H groups in total. The van der Waals surface area contributed by atoms with Crippen molar-refractivity contribution in [3.8, 4) is 5.75 Å². The summed E-state index contributed by atoms with van der Waals surface area (Å²) >= 11 is 0. The lowest BCUT2D eigenvalue weighted by molar-refractivity contribution is -0.0279. The van der Waals surface area contributed by atoms with Gasteiger partial charge in [0.2, 0.25) is 5.95 Å². The third-order valence-electron chi connectivity index (χ3n) is 6.93. The number of methoxy groups -OCH3 is 1. The van der Waals surface area contributed by atoms with Crippen molar-refractivity contribution < 1.29 is 9.47 Å². The predicted molar refractivity (Wildman–Crippen MR) is 134 cm³/mol. The Labute approximate surface area is 203 Å². The monoisotopic (exact) mass is 474 g/mol. The predicted octanol–water partition coefficient (Wildman–Crippen LogP) is 2.44. The van der Waals surface area contributed by atoms with Crippen LogP contribution in [0.25, 0.3) is 16.6 Å². The van der Waals surface area contributed by atoms with Gasteiger partial charge in [-0.1, -0.05) is 12.1 Å². The Balaban J connectivity index is 1.22. The Morgan fingerprint density at radius 3 is 2.86 bits per heavy atom. The van der Waals surface area contributed by atoms with E-state index in [1.807, 2.05) is 6.07 Å². The molecule has 0 aliphatic carbocycles. The molecule has 6 rings (SSSR count). The van der Waals surface area contributed by atoms with Crippen molar-refractivity contribution in [1.29, 1.82) is 0 Å². The minimum Gasteiger partial charge on any atom is -0.494 e. The number of hydrogen-bond donors (Lipinski definition) is 1. The number of nitrogens with two attached hydrogens (primary N) is 1. The molecule has 0 atom stereocenters. The van der Waals surface area contributed by atoms with Crippen molar-refractivity contribution in [2.24, 2.45) is 0 Å². The molecule has 3 aromatic heterocycles. The van der Waals surface area contributed by atoms with Gasteiger partial charge in [0.25, 0.3) is 0 Å². The van der Waals surface area contributed by atoms with Crippen LogP contribution in [0.3, 0.4) is 0 Å². The standard InChI is InChI=1S/C25H30N8O2/c1-25(2)14-32(10-11-35-25)20-7-5-17-12-31(13-18(17)29-20)9-8-16-4-6-19(34-3)22-21(16)23-27-15-28-33(23)24(26)30-22/h4-7,15H,8-14H2,1-3H3,(H2,26,30). The molecule has 4 aromatic rings. The molecule has 0 radical (unpaired) electrons. The first-order chi connectivity index (χ1) is 16.9. The quantitative estimate of drug-likeness (QED) is 0.467. The van der Waals surface area contributed by atoms with Crippen LogP contribution >= 0.6 is 0 Å². The molecule has 5 heterocycles. The number of pyridine rings is 1. The van der Waals surface area contributed by atoms with Crippen molar-refractivity contribution in [1.82, 2.24) is 29.5 Å². The number of aromatic nitrogens is 5. The Hall–Kier alpha value is -3.50. The Bertz CT molecular complexity index is 1420. The van der Waals surface area contributed by atoms with E-state index in [1.165, 1.54) is 17.6 Å². The van der Waals surface area contributed by atoms with E-state index < -0.39 is 0 Å². The van der Waals surface area contributed by atoms with Gasteiger partial charge in [0.15, 0.2) is 5.65 Å². The number of morpholine rings is 1. The summed E-state index contributed by atoms with van der Waals surface area (Å²) in [5.74, 6) is 2.01. The zero-order chi connectivity index (χ0) is 24.2. The van der Waals surface area contributed by atoms with Crippen LogP contribution in [0.2, 0.25) is 0 Å². The Morgan fingerprint density at radius 1 is 1.14 bits per heavy atom. The molecule has 0 saturated carbocycles. The highest BCUT2D eigenvalue weighted by Crippen LogP contribution is 2.32. The molecular weight excluding hydrogens is 444 g/mol. The van der Waals surface area contributed by atoms with E-state index in [0.29, 0.717) is 22.9 Å². The molecule has 1 aromatic carbocycles. The first-order valence-corrected chi connectivity index (χ1v) is 12.0. The summed E-state index contributed by atoms with van der Waals surface area (Å²) in [6, 6.07) is 8.43. The van der Waals surface area contributed by atoms with Crippen molar-refractivity contribution in [3.63, 3.8) is 0 Å². The summed E-state index contributed by atoms with van der Waals surface area (Å²) in [6.45, 7) is 9.35. The van der Waals surface area contributed by atoms with Crippen LogP contribution in [0.1, 0.15) is 30.7 Å². The molecule has 2 aliphatic heterocycles. The number of benzene rings is 1. The van der Waals surface area contributed by atoms with Gasteiger partial charge < -0.3 is 20.1 Å². The average Bonchev–Trinajstić information content (AvgIpc) is 3.49. The largest absolute Gasteiger partial charge is 0.494 e. The maximum absolute atomic E-state index is 6.11. The number of nitrogens with zero attached hydrogens (tertiary/aromatic N) is 7. The summed E-state index contributed by atoms with van der Waals surface area (Å²) in [7, 11) is 1.64. The Kier molecular flexibility index (Phi) is 5.23. The highest BCUT2D eigenvalue weighted by Gasteiger charge is 2.29. The molecule has 182 valence electrons. The molecule has 10 heteroatoms. The number of hydrogen-bond acceptors (Lipinski definition) is 9. The molecule has 35 heavy (non-hydrogen) atoms. The van der Waals surface area contributed by atoms with Crippen molar-refractivity contribution in [2.75, 3.05) is 44.0 Å². The van der Waals surface area contributed by atoms with Gasteiger partial charge in [-0.05, 0) is 43.5 Å². The van der Waals surface area contributed by atoms with E-state index >= 15 is 0 Å². The maximum atomic E-state index is 6.11. The number of fused-ring (bicyclic) bond motifs is 4. The molecule has 1 saturated heterocycles. The van der Waals surface area contributed by atoms with E-state index in [2.05, 4.69) is 56.9 Å². The van der Waals surface area contributed by atoms with Crippen LogP contribution in [0, 0.1) is 0 Å². The maximum Gasteiger partial charge on any atom is 0.223 e. The third-order valence-corrected chi connectivity index (χ3v) is 6.93. The van der Waals surface area contributed by atoms with E-state index in [9.17, 15) is 0 Å². The van der Waals surface area contributed by atoms with E-state index in [1.54, 1.807) is 11.6 Å². The van der Waals surface area contributed by atoms with Gasteiger partial charge in [-0.25, -0.2) is 15.0 Å². The molecule has 1 fully saturated rings. The zero-order valence-corrected chi connectivity index (χ0v) is 20.4. The summed E-state index contributed by atoms with van der Waals surface area (Å²) in [6.07, 6.45) is 2.35. The molecular formula is C25H30N8O2. The third kappa shape index (κ3) is 3.92. The van der Waals surface area contributed by atoms with Gasteiger partial charge in [-0.15, -0.1) is 0 Å². The fourth-order valence-corrected chi connectivity index (χ4v) is 5.22. The molecule has 10 nitrogen and oxygen atoms in total. The van der Waals surface area contributed by atoms with Crippen LogP contribution in [-0.4, -0.2) is 68.4 Å². The second-order valence-corrected chi connectivity index (χ2v) is 9.88. The smallest absolute Gasteiger partial charge is 0.223 e. The lowest BCUT2D eigenvalue weighted by Gasteiger charge is -2.38. The van der Waals surface area contributed by atoms with Crippen LogP contribution in [0.5, 0.6) is 5.75 Å². The van der Waals surface area contributed by atoms with Gasteiger partial charge in [-0.2, -0.15) is 9.61 Å². The second-order valence-electron chi connectivity index (χ2n) is 9.88. The highest BCUT2D eigenvalue weighted by atomic mass is 16.5. The molecule has 0 spiro atoms. The van der Waals surface area contributed by atoms with E-state index in [0.717, 1.165) is 62.5 Å². The van der Waals surface area contributed by atoms with Gasteiger partial charge >= 0.3 is 0 Å². The summed E-state index contributed by atoms with van der Waals surface area (Å²) in [4.78, 5) is 18.8. The number of nitrogen functional groups attached to an aromatic ring is 1. The number of ether oxygens (including phenoxy) is 2. The lowest BCUT2D eigenvalue weighted by Crippen LogP contribution is -2.48. The molecule has 2 aliphatic rings. The van der Waals surface area contributed by atoms with Crippen molar-refractivity contribution in [3.05, 3.63) is 47.4 Å². The van der Waals surface area contributed by atoms with E-state index in [4.69, 9.17) is 20.2 Å². The first kappa shape index (κ1) is 22.0. The summed E-state index contributed by atoms with van der Waals surface area (Å²) in [5.41, 5.74) is 11.0. The lowest BCUT2D eigenvalue weighted by atomic mass is 10.1. The summed E-state index contributed by atoms with van der Waals surface area (Å²) < 4.78 is 13.0. The average molecular weight is 475 g/mol. The van der Waals surface area contributed by atoms with Crippen molar-refractivity contribution in [2.45, 2.75) is 39.0 Å². The van der Waals surface area contributed by atoms with Gasteiger partial charge in [0, 0.05) is 32.7 Å². The molecule has 0 unspecified atom stereocenters. The van der Waals surface area contributed by atoms with Crippen LogP contribution < -0.4 is 15.4 Å². The second kappa shape index (κ2) is 8.31. The van der Waals surface area contributed by atoms with Gasteiger partial charge in [0.1, 0.15) is 23.4 Å². The SMILES string of the molecule is COc1ccc(CCN2Cc3ccc(N4CCOC(C)(C)C4)nc3C2)c2c1nc(N)n1ncnc21. The highest BCUT2D eigenvalue weighted by molar-refractivity contribution is 5.98. The van der Waals surface area contributed by atoms with Crippen LogP contribution in [-0.2, 0) is 24.2 Å². The van der Waals surface area contributed by atoms with Crippen LogP contribution in [0.4, 0.5) is 11.8 Å². The van der Waals surface area contributed by atoms with Crippen molar-refractivity contribution >= 4 is 28.3 Å². The number of anilines is 2. The van der Waals surface area contributed by atoms with Crippen LogP contribution in [0.15, 0.2) is 30.6 Å². The first-order valence-electron chi connectivity index (χ1n) is 12.0. The molecule has 0 bridgehead atoms. The normalized spacial score (nSPS) is 17.9. The van der Waals surface area contributed by atoms with E-state index in [-0.39, 0.29) is 5.60 Å². The Morgan fingerprint density at radius 2 is 2.03 bits per heavy atom. The minimum absolute atomic E-state index is 0.151. The fourth-order valence-electron chi connectivity index (χ4n) is 5.22. The van der Waals surface area contributed by atoms with Gasteiger partial charge in [0.05, 0.1) is 30.4 Å². The summed E-state index contributed by atoms with van der Waals surface area (Å²) in [5, 5.41) is 5.17.